The Morgan fingerprint density at radius 1 is 1.12 bits per heavy atom. The predicted molar refractivity (Wildman–Crippen MR) is 126 cm³/mol. The minimum absolute atomic E-state index is 0.329. The van der Waals surface area contributed by atoms with Crippen molar-refractivity contribution in [2.75, 3.05) is 24.4 Å². The van der Waals surface area contributed by atoms with Crippen molar-refractivity contribution in [3.63, 3.8) is 0 Å². The number of benzene rings is 2. The van der Waals surface area contributed by atoms with Gasteiger partial charge in [0.2, 0.25) is 5.91 Å². The van der Waals surface area contributed by atoms with Gasteiger partial charge in [0.15, 0.2) is 5.13 Å². The van der Waals surface area contributed by atoms with E-state index in [0.717, 1.165) is 16.2 Å². The van der Waals surface area contributed by atoms with Crippen LogP contribution in [-0.4, -0.2) is 52.8 Å². The normalized spacial score (nSPS) is 13.8. The molecule has 3 aromatic rings. The van der Waals surface area contributed by atoms with Crippen LogP contribution in [0.2, 0.25) is 0 Å². The summed E-state index contributed by atoms with van der Waals surface area (Å²) in [5.41, 5.74) is 2.27. The first-order chi connectivity index (χ1) is 15.5. The molecule has 1 aliphatic heterocycles. The molecule has 0 spiro atoms. The average Bonchev–Trinajstić information content (AvgIpc) is 3.38. The summed E-state index contributed by atoms with van der Waals surface area (Å²) in [6.45, 7) is 0. The van der Waals surface area contributed by atoms with Gasteiger partial charge < -0.3 is 10.1 Å². The molecule has 164 valence electrons. The van der Waals surface area contributed by atoms with E-state index in [0.29, 0.717) is 34.1 Å². The van der Waals surface area contributed by atoms with Gasteiger partial charge in [-0.25, -0.2) is 4.98 Å². The second kappa shape index (κ2) is 9.54. The van der Waals surface area contributed by atoms with Crippen LogP contribution >= 0.6 is 23.1 Å². The number of amides is 3. The molecule has 0 bridgehead atoms. The van der Waals surface area contributed by atoms with Crippen molar-refractivity contribution in [3.8, 4) is 17.0 Å². The number of nitrogens with zero attached hydrogens (tertiary/aromatic N) is 2. The second-order valence-electron chi connectivity index (χ2n) is 7.08. The third-order valence-corrected chi connectivity index (χ3v) is 6.56. The van der Waals surface area contributed by atoms with Crippen LogP contribution in [0, 0.1) is 0 Å². The molecule has 1 aromatic heterocycles. The largest absolute Gasteiger partial charge is 0.497 e. The Morgan fingerprint density at radius 3 is 2.38 bits per heavy atom. The summed E-state index contributed by atoms with van der Waals surface area (Å²) in [5.74, 6) is 0.0644. The number of methoxy groups -OCH3 is 1. The molecule has 2 heterocycles. The maximum Gasteiger partial charge on any atom is 0.262 e. The molecular weight excluding hydrogens is 446 g/mol. The van der Waals surface area contributed by atoms with Crippen LogP contribution in [0.15, 0.2) is 53.9 Å². The summed E-state index contributed by atoms with van der Waals surface area (Å²) in [6, 6.07) is 13.2. The lowest BCUT2D eigenvalue weighted by Gasteiger charge is -2.24. The average molecular weight is 468 g/mol. The number of thioether (sulfide) groups is 1. The van der Waals surface area contributed by atoms with Crippen LogP contribution in [0.5, 0.6) is 5.75 Å². The first-order valence-electron chi connectivity index (χ1n) is 9.90. The van der Waals surface area contributed by atoms with Gasteiger partial charge in [-0.05, 0) is 54.8 Å². The van der Waals surface area contributed by atoms with Gasteiger partial charge in [-0.3, -0.25) is 19.3 Å². The number of ether oxygens (including phenoxy) is 1. The molecule has 7 nitrogen and oxygen atoms in total. The Labute approximate surface area is 193 Å². The van der Waals surface area contributed by atoms with E-state index in [2.05, 4.69) is 10.3 Å². The number of imide groups is 1. The highest BCUT2D eigenvalue weighted by atomic mass is 32.2. The molecule has 0 radical (unpaired) electrons. The van der Waals surface area contributed by atoms with Gasteiger partial charge in [-0.15, -0.1) is 11.3 Å². The van der Waals surface area contributed by atoms with E-state index in [1.807, 2.05) is 35.9 Å². The van der Waals surface area contributed by atoms with Gasteiger partial charge in [-0.2, -0.15) is 11.8 Å². The molecule has 1 unspecified atom stereocenters. The Kier molecular flexibility index (Phi) is 6.57. The summed E-state index contributed by atoms with van der Waals surface area (Å²) in [7, 11) is 1.60. The molecule has 1 atom stereocenters. The smallest absolute Gasteiger partial charge is 0.262 e. The quantitative estimate of drug-likeness (QED) is 0.500. The first kappa shape index (κ1) is 22.0. The van der Waals surface area contributed by atoms with Gasteiger partial charge >= 0.3 is 0 Å². The fourth-order valence-electron chi connectivity index (χ4n) is 3.51. The molecule has 1 N–H and O–H groups in total. The molecule has 9 heteroatoms. The summed E-state index contributed by atoms with van der Waals surface area (Å²) in [6.07, 6.45) is 2.27. The third-order valence-electron chi connectivity index (χ3n) is 5.16. The molecule has 0 saturated carbocycles. The molecule has 0 aliphatic carbocycles. The van der Waals surface area contributed by atoms with Crippen LogP contribution in [0.25, 0.3) is 11.3 Å². The molecule has 2 aromatic carbocycles. The second-order valence-corrected chi connectivity index (χ2v) is 8.92. The van der Waals surface area contributed by atoms with Crippen molar-refractivity contribution in [1.29, 1.82) is 0 Å². The van der Waals surface area contributed by atoms with Crippen molar-refractivity contribution in [2.45, 2.75) is 12.5 Å². The number of thiazole rings is 1. The van der Waals surface area contributed by atoms with E-state index >= 15 is 0 Å². The topological polar surface area (TPSA) is 88.6 Å². The number of carbonyl (C=O) groups is 3. The van der Waals surface area contributed by atoms with Crippen molar-refractivity contribution < 1.29 is 19.1 Å². The van der Waals surface area contributed by atoms with E-state index in [-0.39, 0.29) is 0 Å². The Balaban J connectivity index is 1.54. The number of anilines is 1. The van der Waals surface area contributed by atoms with E-state index < -0.39 is 23.8 Å². The van der Waals surface area contributed by atoms with Crippen LogP contribution in [0.4, 0.5) is 5.13 Å². The number of fused-ring (bicyclic) bond motifs is 1. The number of hydrogen-bond donors (Lipinski definition) is 1. The summed E-state index contributed by atoms with van der Waals surface area (Å²) >= 11 is 2.84. The highest BCUT2D eigenvalue weighted by Gasteiger charge is 2.42. The maximum absolute atomic E-state index is 13.2. The lowest BCUT2D eigenvalue weighted by molar-refractivity contribution is -0.120. The van der Waals surface area contributed by atoms with E-state index in [9.17, 15) is 14.4 Å². The van der Waals surface area contributed by atoms with E-state index in [1.54, 1.807) is 43.1 Å². The van der Waals surface area contributed by atoms with Gasteiger partial charge in [0.1, 0.15) is 11.8 Å². The molecule has 0 saturated heterocycles. The third kappa shape index (κ3) is 4.26. The van der Waals surface area contributed by atoms with Gasteiger partial charge in [0.25, 0.3) is 11.8 Å². The van der Waals surface area contributed by atoms with Crippen LogP contribution < -0.4 is 10.1 Å². The highest BCUT2D eigenvalue weighted by molar-refractivity contribution is 7.98. The number of carbonyl (C=O) groups excluding carboxylic acids is 3. The van der Waals surface area contributed by atoms with Gasteiger partial charge in [0, 0.05) is 10.9 Å². The first-order valence-corrected chi connectivity index (χ1v) is 12.2. The maximum atomic E-state index is 13.2. The monoisotopic (exact) mass is 467 g/mol. The molecule has 32 heavy (non-hydrogen) atoms. The SMILES string of the molecule is COc1ccc(-c2csc(NC(=O)C(CCSC)N3C(=O)c4ccccc4C3=O)n2)cc1. The van der Waals surface area contributed by atoms with Crippen LogP contribution in [-0.2, 0) is 4.79 Å². The van der Waals surface area contributed by atoms with Gasteiger partial charge in [0.05, 0.1) is 23.9 Å². The zero-order chi connectivity index (χ0) is 22.7. The van der Waals surface area contributed by atoms with Crippen molar-refractivity contribution in [1.82, 2.24) is 9.88 Å². The van der Waals surface area contributed by atoms with Crippen LogP contribution in [0.1, 0.15) is 27.1 Å². The lowest BCUT2D eigenvalue weighted by Crippen LogP contribution is -2.47. The van der Waals surface area contributed by atoms with Crippen molar-refractivity contribution in [2.24, 2.45) is 0 Å². The summed E-state index contributed by atoms with van der Waals surface area (Å²) < 4.78 is 5.17. The number of aromatic nitrogens is 1. The highest BCUT2D eigenvalue weighted by Crippen LogP contribution is 2.29. The number of hydrogen-bond acceptors (Lipinski definition) is 7. The van der Waals surface area contributed by atoms with Crippen molar-refractivity contribution in [3.05, 3.63) is 65.0 Å². The zero-order valence-electron chi connectivity index (χ0n) is 17.5. The van der Waals surface area contributed by atoms with Gasteiger partial charge in [-0.1, -0.05) is 12.1 Å². The molecule has 4 rings (SSSR count). The van der Waals surface area contributed by atoms with E-state index in [4.69, 9.17) is 4.74 Å². The van der Waals surface area contributed by atoms with E-state index in [1.165, 1.54) is 11.3 Å². The summed E-state index contributed by atoms with van der Waals surface area (Å²) in [5, 5.41) is 5.05. The molecular formula is C23H21N3O4S2. The Bertz CT molecular complexity index is 1130. The molecule has 1 aliphatic rings. The molecule has 0 fully saturated rings. The van der Waals surface area contributed by atoms with Crippen LogP contribution in [0.3, 0.4) is 0 Å². The minimum atomic E-state index is -0.914. The van der Waals surface area contributed by atoms with Crippen molar-refractivity contribution >= 4 is 46.0 Å². The number of rotatable bonds is 8. The standard InChI is InChI=1S/C23H21N3O4S2/c1-30-15-9-7-14(8-10-15)18-13-32-23(24-18)25-20(27)19(11-12-31-2)26-21(28)16-5-3-4-6-17(16)22(26)29/h3-10,13,19H,11-12H2,1-2H3,(H,24,25,27). The predicted octanol–water partition coefficient (Wildman–Crippen LogP) is 4.18. The fourth-order valence-corrected chi connectivity index (χ4v) is 4.69. The fraction of sp³-hybridized carbons (Fsp3) is 0.217. The molecule has 3 amide bonds. The Hall–Kier alpha value is -3.17. The zero-order valence-corrected chi connectivity index (χ0v) is 19.2. The Morgan fingerprint density at radius 2 is 1.78 bits per heavy atom. The number of nitrogens with one attached hydrogen (secondary N) is 1. The minimum Gasteiger partial charge on any atom is -0.497 e. The summed E-state index contributed by atoms with van der Waals surface area (Å²) in [4.78, 5) is 44.5. The lowest BCUT2D eigenvalue weighted by atomic mass is 10.1.